The van der Waals surface area contributed by atoms with Crippen molar-refractivity contribution in [2.45, 2.75) is 44.8 Å². The first-order chi connectivity index (χ1) is 6.26. The summed E-state index contributed by atoms with van der Waals surface area (Å²) in [6, 6.07) is 2.35. The molecule has 3 heteroatoms. The minimum absolute atomic E-state index is 0.282. The average molecular weight is 182 g/mol. The highest BCUT2D eigenvalue weighted by atomic mass is 16.5. The van der Waals surface area contributed by atoms with Gasteiger partial charge in [0.15, 0.2) is 0 Å². The maximum absolute atomic E-state index is 8.98. The summed E-state index contributed by atoms with van der Waals surface area (Å²) in [5, 5.41) is 12.3. The molecule has 0 aromatic rings. The van der Waals surface area contributed by atoms with Crippen LogP contribution in [0.2, 0.25) is 0 Å². The van der Waals surface area contributed by atoms with E-state index in [9.17, 15) is 0 Å². The van der Waals surface area contributed by atoms with Crippen LogP contribution in [-0.2, 0) is 4.74 Å². The van der Waals surface area contributed by atoms with Crippen molar-refractivity contribution in [2.24, 2.45) is 0 Å². The van der Waals surface area contributed by atoms with Crippen LogP contribution in [0.15, 0.2) is 0 Å². The van der Waals surface area contributed by atoms with E-state index in [1.807, 2.05) is 6.92 Å². The molecule has 0 unspecified atom stereocenters. The van der Waals surface area contributed by atoms with Crippen molar-refractivity contribution in [2.75, 3.05) is 13.2 Å². The van der Waals surface area contributed by atoms with Gasteiger partial charge in [-0.05, 0) is 19.9 Å². The molecule has 0 radical (unpaired) electrons. The molecule has 0 aromatic carbocycles. The van der Waals surface area contributed by atoms with E-state index in [2.05, 4.69) is 18.3 Å². The number of rotatable bonds is 5. The number of nitrogens with one attached hydrogen (secondary N) is 1. The first-order valence-electron chi connectivity index (χ1n) is 5.04. The molecule has 3 nitrogen and oxygen atoms in total. The Morgan fingerprint density at radius 1 is 1.54 bits per heavy atom. The van der Waals surface area contributed by atoms with Crippen molar-refractivity contribution in [3.8, 4) is 6.07 Å². The second kappa shape index (κ2) is 4.59. The minimum Gasteiger partial charge on any atom is -0.378 e. The number of nitrogens with zero attached hydrogens (tertiary/aromatic N) is 1. The lowest BCUT2D eigenvalue weighted by molar-refractivity contribution is -0.0311. The molecule has 0 atom stereocenters. The second-order valence-electron chi connectivity index (χ2n) is 3.61. The summed E-state index contributed by atoms with van der Waals surface area (Å²) in [5.74, 6) is 0. The normalized spacial score (nSPS) is 32.2. The molecule has 0 spiro atoms. The van der Waals surface area contributed by atoms with Crippen molar-refractivity contribution in [3.63, 3.8) is 0 Å². The molecule has 74 valence electrons. The summed E-state index contributed by atoms with van der Waals surface area (Å²) in [4.78, 5) is 0. The first-order valence-corrected chi connectivity index (χ1v) is 5.04. The van der Waals surface area contributed by atoms with Gasteiger partial charge < -0.3 is 4.74 Å². The summed E-state index contributed by atoms with van der Waals surface area (Å²) >= 11 is 0. The summed E-state index contributed by atoms with van der Waals surface area (Å²) in [6.07, 6.45) is 3.06. The van der Waals surface area contributed by atoms with E-state index in [0.717, 1.165) is 32.4 Å². The van der Waals surface area contributed by atoms with Gasteiger partial charge in [0.2, 0.25) is 0 Å². The van der Waals surface area contributed by atoms with E-state index in [1.165, 1.54) is 0 Å². The van der Waals surface area contributed by atoms with E-state index in [-0.39, 0.29) is 5.54 Å². The van der Waals surface area contributed by atoms with Crippen molar-refractivity contribution < 1.29 is 4.74 Å². The van der Waals surface area contributed by atoms with Crippen LogP contribution < -0.4 is 5.32 Å². The molecule has 0 saturated heterocycles. The van der Waals surface area contributed by atoms with Gasteiger partial charge in [-0.25, -0.2) is 0 Å². The Morgan fingerprint density at radius 2 is 2.23 bits per heavy atom. The predicted molar refractivity (Wildman–Crippen MR) is 51.3 cm³/mol. The van der Waals surface area contributed by atoms with Crippen LogP contribution in [0.4, 0.5) is 0 Å². The molecule has 1 N–H and O–H groups in total. The minimum atomic E-state index is -0.282. The van der Waals surface area contributed by atoms with Crippen LogP contribution in [0, 0.1) is 11.3 Å². The van der Waals surface area contributed by atoms with Gasteiger partial charge in [-0.2, -0.15) is 5.26 Å². The summed E-state index contributed by atoms with van der Waals surface area (Å²) < 4.78 is 5.42. The number of nitriles is 1. The van der Waals surface area contributed by atoms with Crippen molar-refractivity contribution in [3.05, 3.63) is 0 Å². The standard InChI is InChI=1S/C10H18N2O/c1-3-5-12-10(8-11)6-9(7-10)13-4-2/h9,12H,3-7H2,1-2H3. The largest absolute Gasteiger partial charge is 0.378 e. The van der Waals surface area contributed by atoms with Crippen LogP contribution in [-0.4, -0.2) is 24.8 Å². The number of hydrogen-bond donors (Lipinski definition) is 1. The van der Waals surface area contributed by atoms with Gasteiger partial charge in [0, 0.05) is 19.4 Å². The zero-order valence-corrected chi connectivity index (χ0v) is 8.47. The van der Waals surface area contributed by atoms with Crippen molar-refractivity contribution in [1.29, 1.82) is 5.26 Å². The SMILES string of the molecule is CCCNC1(C#N)CC(OCC)C1. The van der Waals surface area contributed by atoms with Crippen LogP contribution in [0.25, 0.3) is 0 Å². The van der Waals surface area contributed by atoms with Crippen LogP contribution in [0.3, 0.4) is 0 Å². The Balaban J connectivity index is 2.28. The highest BCUT2D eigenvalue weighted by Gasteiger charge is 2.44. The summed E-state index contributed by atoms with van der Waals surface area (Å²) in [6.45, 7) is 5.77. The first kappa shape index (κ1) is 10.5. The fourth-order valence-corrected chi connectivity index (χ4v) is 1.71. The zero-order chi connectivity index (χ0) is 9.73. The van der Waals surface area contributed by atoms with Gasteiger partial charge in [-0.3, -0.25) is 5.32 Å². The lowest BCUT2D eigenvalue weighted by Gasteiger charge is -2.42. The smallest absolute Gasteiger partial charge is 0.111 e. The van der Waals surface area contributed by atoms with Gasteiger partial charge in [0.1, 0.15) is 5.54 Å². The molecular formula is C10H18N2O. The van der Waals surface area contributed by atoms with Crippen molar-refractivity contribution >= 4 is 0 Å². The molecule has 1 fully saturated rings. The van der Waals surface area contributed by atoms with E-state index < -0.39 is 0 Å². The predicted octanol–water partition coefficient (Wildman–Crippen LogP) is 1.45. The Kier molecular flexibility index (Phi) is 3.71. The van der Waals surface area contributed by atoms with Gasteiger partial charge in [-0.15, -0.1) is 0 Å². The van der Waals surface area contributed by atoms with Crippen molar-refractivity contribution in [1.82, 2.24) is 5.32 Å². The molecule has 0 amide bonds. The Bertz CT molecular complexity index is 192. The van der Waals surface area contributed by atoms with Gasteiger partial charge in [0.05, 0.1) is 12.2 Å². The fraction of sp³-hybridized carbons (Fsp3) is 0.900. The summed E-state index contributed by atoms with van der Waals surface area (Å²) in [5.41, 5.74) is -0.282. The maximum Gasteiger partial charge on any atom is 0.111 e. The molecule has 0 aromatic heterocycles. The maximum atomic E-state index is 8.98. The molecule has 0 bridgehead atoms. The van der Waals surface area contributed by atoms with Gasteiger partial charge in [0.25, 0.3) is 0 Å². The van der Waals surface area contributed by atoms with Crippen LogP contribution in [0.5, 0.6) is 0 Å². The summed E-state index contributed by atoms with van der Waals surface area (Å²) in [7, 11) is 0. The Hall–Kier alpha value is -0.590. The van der Waals surface area contributed by atoms with E-state index >= 15 is 0 Å². The highest BCUT2D eigenvalue weighted by Crippen LogP contribution is 2.33. The van der Waals surface area contributed by atoms with E-state index in [4.69, 9.17) is 10.00 Å². The van der Waals surface area contributed by atoms with Crippen LogP contribution >= 0.6 is 0 Å². The quantitative estimate of drug-likeness (QED) is 0.700. The third-order valence-corrected chi connectivity index (χ3v) is 2.48. The molecular weight excluding hydrogens is 164 g/mol. The topological polar surface area (TPSA) is 45.0 Å². The number of ether oxygens (including phenoxy) is 1. The van der Waals surface area contributed by atoms with Gasteiger partial charge in [-0.1, -0.05) is 6.92 Å². The van der Waals surface area contributed by atoms with E-state index in [0.29, 0.717) is 6.10 Å². The van der Waals surface area contributed by atoms with Gasteiger partial charge >= 0.3 is 0 Å². The van der Waals surface area contributed by atoms with Crippen LogP contribution in [0.1, 0.15) is 33.1 Å². The monoisotopic (exact) mass is 182 g/mol. The van der Waals surface area contributed by atoms with E-state index in [1.54, 1.807) is 0 Å². The molecule has 13 heavy (non-hydrogen) atoms. The molecule has 1 rings (SSSR count). The third-order valence-electron chi connectivity index (χ3n) is 2.48. The lowest BCUT2D eigenvalue weighted by Crippen LogP contribution is -2.57. The second-order valence-corrected chi connectivity index (χ2v) is 3.61. The average Bonchev–Trinajstić information content (AvgIpc) is 2.09. The molecule has 0 aliphatic heterocycles. The fourth-order valence-electron chi connectivity index (χ4n) is 1.71. The zero-order valence-electron chi connectivity index (χ0n) is 8.47. The number of hydrogen-bond acceptors (Lipinski definition) is 3. The highest BCUT2D eigenvalue weighted by molar-refractivity contribution is 5.16. The molecule has 1 aliphatic rings. The Morgan fingerprint density at radius 3 is 2.69 bits per heavy atom. The molecule has 1 saturated carbocycles. The Labute approximate surface area is 80.1 Å². The lowest BCUT2D eigenvalue weighted by atomic mass is 9.75. The molecule has 1 aliphatic carbocycles. The molecule has 0 heterocycles. The third kappa shape index (κ3) is 2.43.